The summed E-state index contributed by atoms with van der Waals surface area (Å²) in [7, 11) is 1.56. The van der Waals surface area contributed by atoms with Crippen molar-refractivity contribution in [2.45, 2.75) is 0 Å². The summed E-state index contributed by atoms with van der Waals surface area (Å²) in [6, 6.07) is 2.59. The van der Waals surface area contributed by atoms with Gasteiger partial charge in [-0.15, -0.1) is 0 Å². The summed E-state index contributed by atoms with van der Waals surface area (Å²) in [5.74, 6) is -0.867. The van der Waals surface area contributed by atoms with Gasteiger partial charge in [0.05, 0.1) is 18.4 Å². The first-order valence-electron chi connectivity index (χ1n) is 3.86. The highest BCUT2D eigenvalue weighted by Crippen LogP contribution is 2.04. The fourth-order valence-electron chi connectivity index (χ4n) is 0.848. The van der Waals surface area contributed by atoms with Crippen LogP contribution in [0.25, 0.3) is 0 Å². The van der Waals surface area contributed by atoms with Crippen molar-refractivity contribution in [3.63, 3.8) is 0 Å². The predicted molar refractivity (Wildman–Crippen MR) is 51.3 cm³/mol. The van der Waals surface area contributed by atoms with E-state index in [0.29, 0.717) is 5.69 Å². The molecule has 1 aromatic rings. The zero-order chi connectivity index (χ0) is 10.6. The Morgan fingerprint density at radius 3 is 2.93 bits per heavy atom. The Morgan fingerprint density at radius 2 is 2.43 bits per heavy atom. The lowest BCUT2D eigenvalue weighted by atomic mass is 10.4. The van der Waals surface area contributed by atoms with Crippen LogP contribution in [0.15, 0.2) is 18.3 Å². The van der Waals surface area contributed by atoms with Gasteiger partial charge < -0.3 is 5.32 Å². The molecule has 0 aliphatic heterocycles. The van der Waals surface area contributed by atoms with Gasteiger partial charge in [0, 0.05) is 7.05 Å². The minimum absolute atomic E-state index is 0.0545. The van der Waals surface area contributed by atoms with Gasteiger partial charge in [-0.25, -0.2) is 9.40 Å². The molecule has 1 N–H and O–H groups in total. The first kappa shape index (κ1) is 10.9. The number of carbonyl (C=O) groups excluding carboxylic acids is 1. The quantitative estimate of drug-likeness (QED) is 0.612. The van der Waals surface area contributed by atoms with Crippen molar-refractivity contribution >= 4 is 23.4 Å². The highest BCUT2D eigenvalue weighted by molar-refractivity contribution is 6.14. The van der Waals surface area contributed by atoms with Crippen LogP contribution in [-0.2, 0) is 4.79 Å². The minimum atomic E-state index is -0.586. The number of hydrogen-bond donors (Lipinski definition) is 1. The molecule has 0 aliphatic carbocycles. The standard InChI is InChI=1S/C8H9ClFN3O/c1-13(9)5-8(14)12-6-2-3-7(10)11-4-6/h2-4H,5H2,1H3,(H,12,14). The number of pyridine rings is 1. The largest absolute Gasteiger partial charge is 0.324 e. The van der Waals surface area contributed by atoms with Crippen LogP contribution < -0.4 is 5.32 Å². The Morgan fingerprint density at radius 1 is 1.71 bits per heavy atom. The lowest BCUT2D eigenvalue weighted by Crippen LogP contribution is -2.24. The number of aromatic nitrogens is 1. The van der Waals surface area contributed by atoms with E-state index >= 15 is 0 Å². The lowest BCUT2D eigenvalue weighted by molar-refractivity contribution is -0.116. The molecule has 0 spiro atoms. The summed E-state index contributed by atoms with van der Waals surface area (Å²) in [6.07, 6.45) is 1.24. The molecule has 0 saturated carbocycles. The molecule has 0 aliphatic rings. The molecule has 0 fully saturated rings. The normalized spacial score (nSPS) is 10.3. The zero-order valence-corrected chi connectivity index (χ0v) is 8.25. The van der Waals surface area contributed by atoms with E-state index in [1.165, 1.54) is 22.7 Å². The fraction of sp³-hybridized carbons (Fsp3) is 0.250. The van der Waals surface area contributed by atoms with Crippen LogP contribution in [0.3, 0.4) is 0 Å². The lowest BCUT2D eigenvalue weighted by Gasteiger charge is -2.07. The smallest absolute Gasteiger partial charge is 0.239 e. The Labute approximate surface area is 85.8 Å². The van der Waals surface area contributed by atoms with Crippen LogP contribution in [0.4, 0.5) is 10.1 Å². The topological polar surface area (TPSA) is 45.2 Å². The Kier molecular flexibility index (Phi) is 3.79. The molecule has 0 radical (unpaired) electrons. The van der Waals surface area contributed by atoms with Crippen molar-refractivity contribution in [1.29, 1.82) is 0 Å². The molecule has 14 heavy (non-hydrogen) atoms. The maximum absolute atomic E-state index is 12.4. The second kappa shape index (κ2) is 4.88. The summed E-state index contributed by atoms with van der Waals surface area (Å²) >= 11 is 5.46. The summed E-state index contributed by atoms with van der Waals surface area (Å²) in [5.41, 5.74) is 0.440. The van der Waals surface area contributed by atoms with Crippen LogP contribution >= 0.6 is 11.8 Å². The van der Waals surface area contributed by atoms with E-state index in [1.807, 2.05) is 0 Å². The molecule has 0 unspecified atom stereocenters. The number of anilines is 1. The van der Waals surface area contributed by atoms with Crippen molar-refractivity contribution in [3.8, 4) is 0 Å². The third kappa shape index (κ3) is 3.68. The van der Waals surface area contributed by atoms with Crippen molar-refractivity contribution in [1.82, 2.24) is 9.40 Å². The summed E-state index contributed by atoms with van der Waals surface area (Å²) in [6.45, 7) is 0.0545. The van der Waals surface area contributed by atoms with E-state index in [1.54, 1.807) is 7.05 Å². The Hall–Kier alpha value is -1.20. The maximum atomic E-state index is 12.4. The molecule has 4 nitrogen and oxygen atoms in total. The van der Waals surface area contributed by atoms with E-state index in [-0.39, 0.29) is 12.5 Å². The van der Waals surface area contributed by atoms with E-state index < -0.39 is 5.95 Å². The number of carbonyl (C=O) groups is 1. The van der Waals surface area contributed by atoms with Crippen LogP contribution in [0.5, 0.6) is 0 Å². The maximum Gasteiger partial charge on any atom is 0.239 e. The Balaban J connectivity index is 2.52. The summed E-state index contributed by atoms with van der Waals surface area (Å²) < 4.78 is 13.6. The fourth-order valence-corrected chi connectivity index (χ4v) is 0.957. The third-order valence-corrected chi connectivity index (χ3v) is 1.49. The van der Waals surface area contributed by atoms with Gasteiger partial charge in [0.25, 0.3) is 0 Å². The predicted octanol–water partition coefficient (Wildman–Crippen LogP) is 1.24. The second-order valence-corrected chi connectivity index (χ2v) is 3.26. The molecule has 6 heteroatoms. The number of hydrogen-bond acceptors (Lipinski definition) is 3. The molecule has 76 valence electrons. The van der Waals surface area contributed by atoms with E-state index in [9.17, 15) is 9.18 Å². The van der Waals surface area contributed by atoms with E-state index in [0.717, 1.165) is 0 Å². The van der Waals surface area contributed by atoms with Gasteiger partial charge in [-0.3, -0.25) is 4.79 Å². The molecule has 1 rings (SSSR count). The van der Waals surface area contributed by atoms with Crippen molar-refractivity contribution < 1.29 is 9.18 Å². The first-order chi connectivity index (χ1) is 6.58. The molecule has 0 saturated heterocycles. The first-order valence-corrected chi connectivity index (χ1v) is 4.20. The van der Waals surface area contributed by atoms with Crippen molar-refractivity contribution in [3.05, 3.63) is 24.3 Å². The number of nitrogens with one attached hydrogen (secondary N) is 1. The molecule has 1 aromatic heterocycles. The summed E-state index contributed by atoms with van der Waals surface area (Å²) in [4.78, 5) is 14.5. The highest BCUT2D eigenvalue weighted by atomic mass is 35.5. The average Bonchev–Trinajstić information content (AvgIpc) is 2.07. The molecule has 1 amide bonds. The SMILES string of the molecule is CN(Cl)CC(=O)Nc1ccc(F)nc1. The van der Waals surface area contributed by atoms with Crippen molar-refractivity contribution in [2.75, 3.05) is 18.9 Å². The monoisotopic (exact) mass is 217 g/mol. The van der Waals surface area contributed by atoms with Gasteiger partial charge in [0.15, 0.2) is 0 Å². The van der Waals surface area contributed by atoms with Crippen LogP contribution in [-0.4, -0.2) is 28.9 Å². The molecule has 0 atom stereocenters. The third-order valence-electron chi connectivity index (χ3n) is 1.37. The molecule has 0 bridgehead atoms. The number of amides is 1. The van der Waals surface area contributed by atoms with Gasteiger partial charge in [0.1, 0.15) is 0 Å². The zero-order valence-electron chi connectivity index (χ0n) is 7.50. The van der Waals surface area contributed by atoms with Crippen LogP contribution in [0.1, 0.15) is 0 Å². The Bertz CT molecular complexity index is 315. The molecular weight excluding hydrogens is 209 g/mol. The number of nitrogens with zero attached hydrogens (tertiary/aromatic N) is 2. The summed E-state index contributed by atoms with van der Waals surface area (Å²) in [5, 5.41) is 2.51. The number of likely N-dealkylation sites (N-methyl/N-ethyl adjacent to an activating group) is 1. The number of halogens is 2. The van der Waals surface area contributed by atoms with Gasteiger partial charge in [-0.05, 0) is 23.9 Å². The van der Waals surface area contributed by atoms with Gasteiger partial charge in [-0.2, -0.15) is 4.39 Å². The van der Waals surface area contributed by atoms with E-state index in [4.69, 9.17) is 11.8 Å². The second-order valence-electron chi connectivity index (χ2n) is 2.68. The van der Waals surface area contributed by atoms with Crippen molar-refractivity contribution in [2.24, 2.45) is 0 Å². The van der Waals surface area contributed by atoms with E-state index in [2.05, 4.69) is 10.3 Å². The average molecular weight is 218 g/mol. The molecule has 0 aromatic carbocycles. The van der Waals surface area contributed by atoms with Crippen LogP contribution in [0.2, 0.25) is 0 Å². The number of rotatable bonds is 3. The minimum Gasteiger partial charge on any atom is -0.324 e. The molecular formula is C8H9ClFN3O. The van der Waals surface area contributed by atoms with Gasteiger partial charge >= 0.3 is 0 Å². The van der Waals surface area contributed by atoms with Gasteiger partial charge in [-0.1, -0.05) is 0 Å². The van der Waals surface area contributed by atoms with Crippen LogP contribution in [0, 0.1) is 5.95 Å². The molecule has 1 heterocycles. The van der Waals surface area contributed by atoms with Gasteiger partial charge in [0.2, 0.25) is 11.9 Å². The highest BCUT2D eigenvalue weighted by Gasteiger charge is 2.04.